The molecule has 0 amide bonds. The number of aryl methyl sites for hydroxylation is 2. The van der Waals surface area contributed by atoms with E-state index in [9.17, 15) is 13.2 Å². The van der Waals surface area contributed by atoms with Crippen molar-refractivity contribution in [3.05, 3.63) is 23.2 Å². The highest BCUT2D eigenvalue weighted by atomic mass is 19.4. The highest BCUT2D eigenvalue weighted by molar-refractivity contribution is 5.24. The Kier molecular flexibility index (Phi) is 2.17. The summed E-state index contributed by atoms with van der Waals surface area (Å²) in [7, 11) is 0. The molecule has 0 atom stereocenters. The fourth-order valence-electron chi connectivity index (χ4n) is 1.07. The molecule has 1 aromatic rings. The molecule has 0 aliphatic rings. The molecular weight excluding hydrogens is 169 g/mol. The van der Waals surface area contributed by atoms with Crippen LogP contribution in [0, 0.1) is 6.92 Å². The summed E-state index contributed by atoms with van der Waals surface area (Å²) in [6.07, 6.45) is -4.02. The van der Waals surface area contributed by atoms with E-state index < -0.39 is 11.7 Å². The monoisotopic (exact) mass is 178 g/mol. The van der Waals surface area contributed by atoms with Crippen molar-refractivity contribution in [2.75, 3.05) is 0 Å². The van der Waals surface area contributed by atoms with Crippen LogP contribution in [0.15, 0.2) is 10.5 Å². The Hall–Kier alpha value is -0.930. The molecule has 0 fully saturated rings. The maximum absolute atomic E-state index is 12.2. The van der Waals surface area contributed by atoms with Crippen molar-refractivity contribution < 1.29 is 17.6 Å². The first-order valence-corrected chi connectivity index (χ1v) is 3.61. The van der Waals surface area contributed by atoms with Gasteiger partial charge in [-0.3, -0.25) is 0 Å². The van der Waals surface area contributed by atoms with Crippen molar-refractivity contribution in [2.24, 2.45) is 0 Å². The Morgan fingerprint density at radius 2 is 2.00 bits per heavy atom. The van der Waals surface area contributed by atoms with Crippen LogP contribution < -0.4 is 0 Å². The minimum Gasteiger partial charge on any atom is -0.466 e. The van der Waals surface area contributed by atoms with Crippen LogP contribution in [0.2, 0.25) is 0 Å². The molecule has 0 saturated heterocycles. The van der Waals surface area contributed by atoms with Crippen LogP contribution >= 0.6 is 0 Å². The number of hydrogen-bond acceptors (Lipinski definition) is 1. The zero-order valence-corrected chi connectivity index (χ0v) is 6.83. The van der Waals surface area contributed by atoms with Crippen LogP contribution in [-0.4, -0.2) is 0 Å². The van der Waals surface area contributed by atoms with Gasteiger partial charge < -0.3 is 4.42 Å². The lowest BCUT2D eigenvalue weighted by molar-refractivity contribution is -0.138. The van der Waals surface area contributed by atoms with Crippen molar-refractivity contribution in [3.63, 3.8) is 0 Å². The Morgan fingerprint density at radius 3 is 2.33 bits per heavy atom. The summed E-state index contributed by atoms with van der Waals surface area (Å²) in [6, 6.07) is 1.03. The van der Waals surface area contributed by atoms with Crippen LogP contribution in [-0.2, 0) is 12.6 Å². The van der Waals surface area contributed by atoms with Gasteiger partial charge in [0, 0.05) is 6.42 Å². The van der Waals surface area contributed by atoms with Gasteiger partial charge in [0.05, 0.1) is 5.56 Å². The summed E-state index contributed by atoms with van der Waals surface area (Å²) >= 11 is 0. The topological polar surface area (TPSA) is 13.1 Å². The molecule has 4 heteroatoms. The lowest BCUT2D eigenvalue weighted by atomic mass is 10.2. The molecule has 1 rings (SSSR count). The fraction of sp³-hybridized carbons (Fsp3) is 0.500. The third kappa shape index (κ3) is 1.62. The average Bonchev–Trinajstić information content (AvgIpc) is 2.29. The molecule has 0 aliphatic heterocycles. The van der Waals surface area contributed by atoms with Gasteiger partial charge >= 0.3 is 6.18 Å². The molecular formula is C8H9F3O. The Morgan fingerprint density at radius 1 is 1.42 bits per heavy atom. The standard InChI is InChI=1S/C8H9F3O/c1-3-7-6(8(9,10)11)4-5(2)12-7/h4H,3H2,1-2H3. The summed E-state index contributed by atoms with van der Waals surface area (Å²) in [5.41, 5.74) is -0.650. The molecule has 12 heavy (non-hydrogen) atoms. The molecule has 0 aliphatic carbocycles. The SMILES string of the molecule is CCc1oc(C)cc1C(F)(F)F. The second-order valence-electron chi connectivity index (χ2n) is 2.55. The zero-order valence-electron chi connectivity index (χ0n) is 6.83. The third-order valence-electron chi connectivity index (χ3n) is 1.56. The predicted octanol–water partition coefficient (Wildman–Crippen LogP) is 3.17. The molecule has 1 aromatic heterocycles. The van der Waals surface area contributed by atoms with Gasteiger partial charge in [-0.25, -0.2) is 0 Å². The Balaban J connectivity index is 3.13. The van der Waals surface area contributed by atoms with Gasteiger partial charge in [-0.15, -0.1) is 0 Å². The number of hydrogen-bond donors (Lipinski definition) is 0. The van der Waals surface area contributed by atoms with Gasteiger partial charge in [0.15, 0.2) is 0 Å². The molecule has 0 saturated carbocycles. The highest BCUT2D eigenvalue weighted by Gasteiger charge is 2.35. The van der Waals surface area contributed by atoms with Gasteiger partial charge in [-0.1, -0.05) is 6.92 Å². The largest absolute Gasteiger partial charge is 0.466 e. The molecule has 0 bridgehead atoms. The van der Waals surface area contributed by atoms with Crippen molar-refractivity contribution in [3.8, 4) is 0 Å². The van der Waals surface area contributed by atoms with Gasteiger partial charge in [0.2, 0.25) is 0 Å². The molecule has 68 valence electrons. The number of halogens is 3. The van der Waals surface area contributed by atoms with E-state index in [0.717, 1.165) is 6.07 Å². The van der Waals surface area contributed by atoms with Crippen LogP contribution in [0.4, 0.5) is 13.2 Å². The van der Waals surface area contributed by atoms with E-state index in [1.54, 1.807) is 6.92 Å². The third-order valence-corrected chi connectivity index (χ3v) is 1.56. The van der Waals surface area contributed by atoms with Crippen LogP contribution in [0.5, 0.6) is 0 Å². The van der Waals surface area contributed by atoms with Crippen LogP contribution in [0.3, 0.4) is 0 Å². The first kappa shape index (κ1) is 9.16. The van der Waals surface area contributed by atoms with E-state index in [2.05, 4.69) is 0 Å². The first-order valence-electron chi connectivity index (χ1n) is 3.61. The summed E-state index contributed by atoms with van der Waals surface area (Å²) < 4.78 is 41.4. The Bertz CT molecular complexity index is 272. The maximum atomic E-state index is 12.2. The number of rotatable bonds is 1. The van der Waals surface area contributed by atoms with E-state index in [0.29, 0.717) is 5.76 Å². The highest BCUT2D eigenvalue weighted by Crippen LogP contribution is 2.34. The molecule has 1 heterocycles. The maximum Gasteiger partial charge on any atom is 0.419 e. The summed E-state index contributed by atoms with van der Waals surface area (Å²) in [5.74, 6) is 0.319. The smallest absolute Gasteiger partial charge is 0.419 e. The van der Waals surface area contributed by atoms with Crippen LogP contribution in [0.1, 0.15) is 24.0 Å². The van der Waals surface area contributed by atoms with Crippen molar-refractivity contribution in [1.82, 2.24) is 0 Å². The Labute approximate surface area is 68.2 Å². The molecule has 0 unspecified atom stereocenters. The van der Waals surface area contributed by atoms with E-state index in [4.69, 9.17) is 4.42 Å². The van der Waals surface area contributed by atoms with Gasteiger partial charge in [-0.05, 0) is 13.0 Å². The quantitative estimate of drug-likeness (QED) is 0.643. The number of furan rings is 1. The minimum atomic E-state index is -4.29. The number of alkyl halides is 3. The summed E-state index contributed by atoms with van der Waals surface area (Å²) in [6.45, 7) is 3.14. The fourth-order valence-corrected chi connectivity index (χ4v) is 1.07. The molecule has 0 N–H and O–H groups in total. The minimum absolute atomic E-state index is 0.0139. The van der Waals surface area contributed by atoms with E-state index in [1.165, 1.54) is 6.92 Å². The molecule has 0 spiro atoms. The zero-order chi connectivity index (χ0) is 9.35. The van der Waals surface area contributed by atoms with Crippen molar-refractivity contribution in [2.45, 2.75) is 26.4 Å². The van der Waals surface area contributed by atoms with Crippen molar-refractivity contribution in [1.29, 1.82) is 0 Å². The molecule has 0 aromatic carbocycles. The van der Waals surface area contributed by atoms with Crippen LogP contribution in [0.25, 0.3) is 0 Å². The first-order chi connectivity index (χ1) is 5.45. The van der Waals surface area contributed by atoms with Gasteiger partial charge in [0.25, 0.3) is 0 Å². The van der Waals surface area contributed by atoms with Gasteiger partial charge in [-0.2, -0.15) is 13.2 Å². The summed E-state index contributed by atoms with van der Waals surface area (Å²) in [4.78, 5) is 0. The van der Waals surface area contributed by atoms with E-state index in [1.807, 2.05) is 0 Å². The normalized spacial score (nSPS) is 12.1. The summed E-state index contributed by atoms with van der Waals surface area (Å²) in [5, 5.41) is 0. The van der Waals surface area contributed by atoms with E-state index >= 15 is 0 Å². The lowest BCUT2D eigenvalue weighted by Crippen LogP contribution is -2.05. The predicted molar refractivity (Wildman–Crippen MR) is 37.8 cm³/mol. The van der Waals surface area contributed by atoms with Crippen molar-refractivity contribution >= 4 is 0 Å². The molecule has 1 nitrogen and oxygen atoms in total. The van der Waals surface area contributed by atoms with Gasteiger partial charge in [0.1, 0.15) is 11.5 Å². The second kappa shape index (κ2) is 2.84. The van der Waals surface area contributed by atoms with E-state index in [-0.39, 0.29) is 12.2 Å². The lowest BCUT2D eigenvalue weighted by Gasteiger charge is -2.03. The molecule has 0 radical (unpaired) electrons. The second-order valence-corrected chi connectivity index (χ2v) is 2.55. The average molecular weight is 178 g/mol.